The van der Waals surface area contributed by atoms with Gasteiger partial charge in [0.05, 0.1) is 11.5 Å². The monoisotopic (exact) mass is 259 g/mol. The summed E-state index contributed by atoms with van der Waals surface area (Å²) in [4.78, 5) is 16.2. The summed E-state index contributed by atoms with van der Waals surface area (Å²) in [6.07, 6.45) is 2.15. The molecule has 2 atom stereocenters. The summed E-state index contributed by atoms with van der Waals surface area (Å²) in [5.41, 5.74) is 5.61. The Morgan fingerprint density at radius 2 is 2.35 bits per heavy atom. The van der Waals surface area contributed by atoms with Crippen LogP contribution < -0.4 is 5.73 Å². The van der Waals surface area contributed by atoms with Crippen molar-refractivity contribution in [1.29, 1.82) is 0 Å². The van der Waals surface area contributed by atoms with Crippen molar-refractivity contribution in [3.05, 3.63) is 0 Å². The van der Waals surface area contributed by atoms with E-state index in [0.29, 0.717) is 0 Å². The Labute approximate surface area is 106 Å². The number of hydrogen-bond acceptors (Lipinski definition) is 5. The molecule has 2 unspecified atom stereocenters. The third-order valence-corrected chi connectivity index (χ3v) is 5.32. The lowest BCUT2D eigenvalue weighted by atomic mass is 10.0. The standard InChI is InChI=1S/C11H21N3O2S/c1-13-5-6-17-11(13)3-2-4-14(8-11)10(16)9(12)7-15/h9,15H,2-8,12H2,1H3. The molecule has 3 N–H and O–H groups in total. The fraction of sp³-hybridized carbons (Fsp3) is 0.909. The smallest absolute Gasteiger partial charge is 0.241 e. The highest BCUT2D eigenvalue weighted by atomic mass is 32.2. The van der Waals surface area contributed by atoms with Crippen molar-refractivity contribution in [3.8, 4) is 0 Å². The first kappa shape index (κ1) is 13.1. The number of piperidine rings is 1. The molecule has 2 saturated heterocycles. The molecule has 0 aromatic heterocycles. The maximum atomic E-state index is 12.0. The minimum Gasteiger partial charge on any atom is -0.394 e. The van der Waals surface area contributed by atoms with Gasteiger partial charge >= 0.3 is 0 Å². The largest absolute Gasteiger partial charge is 0.394 e. The summed E-state index contributed by atoms with van der Waals surface area (Å²) in [7, 11) is 2.12. The molecule has 98 valence electrons. The molecule has 0 aromatic rings. The second-order valence-electron chi connectivity index (χ2n) is 4.87. The van der Waals surface area contributed by atoms with Gasteiger partial charge in [0.2, 0.25) is 5.91 Å². The zero-order valence-corrected chi connectivity index (χ0v) is 11.1. The topological polar surface area (TPSA) is 69.8 Å². The van der Waals surface area contributed by atoms with E-state index in [9.17, 15) is 4.79 Å². The van der Waals surface area contributed by atoms with Crippen LogP contribution in [0.4, 0.5) is 0 Å². The first-order chi connectivity index (χ1) is 8.09. The highest BCUT2D eigenvalue weighted by molar-refractivity contribution is 8.00. The summed E-state index contributed by atoms with van der Waals surface area (Å²) in [6, 6.07) is -0.762. The Kier molecular flexibility index (Phi) is 3.97. The number of carbonyl (C=O) groups excluding carboxylic acids is 1. The molecule has 0 aromatic carbocycles. The van der Waals surface area contributed by atoms with Crippen LogP contribution in [0.3, 0.4) is 0 Å². The van der Waals surface area contributed by atoms with Crippen LogP contribution in [0.15, 0.2) is 0 Å². The van der Waals surface area contributed by atoms with Crippen LogP contribution in [0.25, 0.3) is 0 Å². The normalized spacial score (nSPS) is 32.1. The van der Waals surface area contributed by atoms with Crippen molar-refractivity contribution in [2.75, 3.05) is 39.0 Å². The zero-order chi connectivity index (χ0) is 12.5. The van der Waals surface area contributed by atoms with E-state index in [-0.39, 0.29) is 17.4 Å². The van der Waals surface area contributed by atoms with Gasteiger partial charge in [-0.3, -0.25) is 9.69 Å². The SMILES string of the molecule is CN1CCSC12CCCN(C(=O)C(N)CO)C2. The molecule has 2 rings (SSSR count). The number of nitrogens with zero attached hydrogens (tertiary/aromatic N) is 2. The third-order valence-electron chi connectivity index (χ3n) is 3.75. The maximum absolute atomic E-state index is 12.0. The predicted molar refractivity (Wildman–Crippen MR) is 68.7 cm³/mol. The van der Waals surface area contributed by atoms with E-state index in [4.69, 9.17) is 10.8 Å². The van der Waals surface area contributed by atoms with Crippen LogP contribution >= 0.6 is 11.8 Å². The summed E-state index contributed by atoms with van der Waals surface area (Å²) in [5, 5.41) is 8.96. The van der Waals surface area contributed by atoms with Gasteiger partial charge in [-0.1, -0.05) is 0 Å². The van der Waals surface area contributed by atoms with Crippen molar-refractivity contribution in [2.45, 2.75) is 23.8 Å². The molecule has 2 aliphatic rings. The van der Waals surface area contributed by atoms with Crippen LogP contribution in [0.5, 0.6) is 0 Å². The average Bonchev–Trinajstić information content (AvgIpc) is 2.69. The molecular weight excluding hydrogens is 238 g/mol. The summed E-state index contributed by atoms with van der Waals surface area (Å²) < 4.78 is 0. The van der Waals surface area contributed by atoms with Gasteiger partial charge in [0.25, 0.3) is 0 Å². The number of thioether (sulfide) groups is 1. The van der Waals surface area contributed by atoms with E-state index in [0.717, 1.165) is 38.2 Å². The molecule has 1 amide bonds. The molecular formula is C11H21N3O2S. The fourth-order valence-electron chi connectivity index (χ4n) is 2.62. The summed E-state index contributed by atoms with van der Waals surface area (Å²) >= 11 is 1.94. The number of likely N-dealkylation sites (tertiary alicyclic amines) is 1. The van der Waals surface area contributed by atoms with Crippen LogP contribution in [0.2, 0.25) is 0 Å². The Balaban J connectivity index is 2.04. The molecule has 17 heavy (non-hydrogen) atoms. The van der Waals surface area contributed by atoms with Crippen LogP contribution in [-0.4, -0.2) is 70.8 Å². The van der Waals surface area contributed by atoms with E-state index in [1.165, 1.54) is 0 Å². The van der Waals surface area contributed by atoms with Crippen molar-refractivity contribution in [2.24, 2.45) is 5.73 Å². The van der Waals surface area contributed by atoms with Gasteiger partial charge in [0.15, 0.2) is 0 Å². The first-order valence-corrected chi connectivity index (χ1v) is 7.08. The number of rotatable bonds is 2. The van der Waals surface area contributed by atoms with Gasteiger partial charge in [-0.15, -0.1) is 11.8 Å². The summed E-state index contributed by atoms with van der Waals surface area (Å²) in [6.45, 7) is 2.31. The lowest BCUT2D eigenvalue weighted by molar-refractivity contribution is -0.135. The predicted octanol–water partition coefficient (Wildman–Crippen LogP) is -0.697. The van der Waals surface area contributed by atoms with Gasteiger partial charge in [0.1, 0.15) is 6.04 Å². The van der Waals surface area contributed by atoms with Gasteiger partial charge in [-0.2, -0.15) is 0 Å². The Hall–Kier alpha value is -0.300. The average molecular weight is 259 g/mol. The lowest BCUT2D eigenvalue weighted by Gasteiger charge is -2.44. The molecule has 0 saturated carbocycles. The number of nitrogens with two attached hydrogens (primary N) is 1. The molecule has 2 fully saturated rings. The minimum absolute atomic E-state index is 0.0864. The number of aliphatic hydroxyl groups excluding tert-OH is 1. The molecule has 2 aliphatic heterocycles. The quantitative estimate of drug-likeness (QED) is 0.686. The fourth-order valence-corrected chi connectivity index (χ4v) is 4.21. The zero-order valence-electron chi connectivity index (χ0n) is 10.3. The van der Waals surface area contributed by atoms with E-state index < -0.39 is 6.04 Å². The maximum Gasteiger partial charge on any atom is 0.241 e. The third kappa shape index (κ3) is 2.45. The Bertz CT molecular complexity index is 302. The molecule has 2 heterocycles. The molecule has 1 spiro atoms. The van der Waals surface area contributed by atoms with E-state index in [1.54, 1.807) is 0 Å². The number of amides is 1. The van der Waals surface area contributed by atoms with Gasteiger partial charge < -0.3 is 15.7 Å². The van der Waals surface area contributed by atoms with Crippen LogP contribution in [0, 0.1) is 0 Å². The van der Waals surface area contributed by atoms with Gasteiger partial charge in [-0.25, -0.2) is 0 Å². The van der Waals surface area contributed by atoms with Crippen LogP contribution in [-0.2, 0) is 4.79 Å². The van der Waals surface area contributed by atoms with Crippen molar-refractivity contribution >= 4 is 17.7 Å². The Morgan fingerprint density at radius 3 is 2.94 bits per heavy atom. The molecule has 0 radical (unpaired) electrons. The minimum atomic E-state index is -0.762. The number of carbonyl (C=O) groups is 1. The van der Waals surface area contributed by atoms with Gasteiger partial charge in [0, 0.05) is 25.4 Å². The highest BCUT2D eigenvalue weighted by Crippen LogP contribution is 2.41. The number of hydrogen-bond donors (Lipinski definition) is 2. The highest BCUT2D eigenvalue weighted by Gasteiger charge is 2.44. The molecule has 0 aliphatic carbocycles. The Morgan fingerprint density at radius 1 is 1.59 bits per heavy atom. The summed E-state index contributed by atoms with van der Waals surface area (Å²) in [5.74, 6) is 1.01. The van der Waals surface area contributed by atoms with E-state index in [1.807, 2.05) is 16.7 Å². The van der Waals surface area contributed by atoms with Crippen molar-refractivity contribution < 1.29 is 9.90 Å². The first-order valence-electron chi connectivity index (χ1n) is 6.09. The van der Waals surface area contributed by atoms with Crippen molar-refractivity contribution in [1.82, 2.24) is 9.80 Å². The lowest BCUT2D eigenvalue weighted by Crippen LogP contribution is -2.57. The number of aliphatic hydroxyl groups is 1. The van der Waals surface area contributed by atoms with Crippen LogP contribution in [0.1, 0.15) is 12.8 Å². The second kappa shape index (κ2) is 5.14. The van der Waals surface area contributed by atoms with Crippen molar-refractivity contribution in [3.63, 3.8) is 0 Å². The molecule has 0 bridgehead atoms. The van der Waals surface area contributed by atoms with Gasteiger partial charge in [-0.05, 0) is 19.9 Å². The molecule has 6 heteroatoms. The number of likely N-dealkylation sites (N-methyl/N-ethyl adjacent to an activating group) is 1. The molecule has 5 nitrogen and oxygen atoms in total. The van der Waals surface area contributed by atoms with E-state index >= 15 is 0 Å². The van der Waals surface area contributed by atoms with E-state index in [2.05, 4.69) is 11.9 Å². The second-order valence-corrected chi connectivity index (χ2v) is 6.33.